The highest BCUT2D eigenvalue weighted by atomic mass is 16.5. The van der Waals surface area contributed by atoms with Crippen molar-refractivity contribution < 1.29 is 29.3 Å². The SMILES string of the molecule is COc1cc(/C=C/C(=O)O)cc2c1OC(C)C(=O)N2CCCO. The van der Waals surface area contributed by atoms with Crippen molar-refractivity contribution in [2.24, 2.45) is 0 Å². The van der Waals surface area contributed by atoms with Crippen LogP contribution in [0.2, 0.25) is 0 Å². The molecule has 1 heterocycles. The minimum absolute atomic E-state index is 0.0376. The number of anilines is 1. The number of aliphatic hydroxyl groups is 1. The van der Waals surface area contributed by atoms with Gasteiger partial charge in [0.2, 0.25) is 0 Å². The molecule has 7 nitrogen and oxygen atoms in total. The van der Waals surface area contributed by atoms with Crippen molar-refractivity contribution in [1.82, 2.24) is 0 Å². The minimum Gasteiger partial charge on any atom is -0.493 e. The third-order valence-corrected chi connectivity index (χ3v) is 3.43. The number of hydrogen-bond donors (Lipinski definition) is 2. The van der Waals surface area contributed by atoms with E-state index in [0.29, 0.717) is 35.7 Å². The second kappa shape index (κ2) is 7.15. The van der Waals surface area contributed by atoms with Crippen LogP contribution in [0.3, 0.4) is 0 Å². The summed E-state index contributed by atoms with van der Waals surface area (Å²) in [5.74, 6) is -0.432. The molecule has 1 amide bonds. The van der Waals surface area contributed by atoms with Gasteiger partial charge in [-0.2, -0.15) is 0 Å². The quantitative estimate of drug-likeness (QED) is 0.767. The summed E-state index contributed by atoms with van der Waals surface area (Å²) in [6.07, 6.45) is 2.19. The number of ether oxygens (including phenoxy) is 2. The topological polar surface area (TPSA) is 96.3 Å². The van der Waals surface area contributed by atoms with Gasteiger partial charge in [0.05, 0.1) is 12.8 Å². The summed E-state index contributed by atoms with van der Waals surface area (Å²) in [7, 11) is 1.48. The van der Waals surface area contributed by atoms with Crippen molar-refractivity contribution in [3.8, 4) is 11.5 Å². The van der Waals surface area contributed by atoms with E-state index >= 15 is 0 Å². The molecule has 1 aliphatic rings. The molecule has 0 spiro atoms. The maximum atomic E-state index is 12.3. The number of carbonyl (C=O) groups excluding carboxylic acids is 1. The zero-order valence-corrected chi connectivity index (χ0v) is 13.0. The first kappa shape index (κ1) is 16.8. The Labute approximate surface area is 133 Å². The highest BCUT2D eigenvalue weighted by Gasteiger charge is 2.33. The molecule has 0 radical (unpaired) electrons. The molecule has 0 fully saturated rings. The molecule has 1 aromatic carbocycles. The number of carbonyl (C=O) groups is 2. The van der Waals surface area contributed by atoms with E-state index in [2.05, 4.69) is 0 Å². The molecule has 1 atom stereocenters. The highest BCUT2D eigenvalue weighted by Crippen LogP contribution is 2.43. The second-order valence-corrected chi connectivity index (χ2v) is 5.07. The Balaban J connectivity index is 2.51. The van der Waals surface area contributed by atoms with Crippen LogP contribution in [0.4, 0.5) is 5.69 Å². The first-order valence-corrected chi connectivity index (χ1v) is 7.20. The molecule has 1 unspecified atom stereocenters. The maximum absolute atomic E-state index is 12.3. The predicted molar refractivity (Wildman–Crippen MR) is 83.8 cm³/mol. The fourth-order valence-corrected chi connectivity index (χ4v) is 2.37. The Bertz CT molecular complexity index is 640. The number of carboxylic acid groups (broad SMARTS) is 1. The number of benzene rings is 1. The van der Waals surface area contributed by atoms with Crippen LogP contribution in [-0.4, -0.2) is 48.5 Å². The normalized spacial score (nSPS) is 17.1. The van der Waals surface area contributed by atoms with Crippen LogP contribution in [-0.2, 0) is 9.59 Å². The zero-order chi connectivity index (χ0) is 17.0. The van der Waals surface area contributed by atoms with Gasteiger partial charge in [0.25, 0.3) is 5.91 Å². The van der Waals surface area contributed by atoms with Crippen LogP contribution < -0.4 is 14.4 Å². The smallest absolute Gasteiger partial charge is 0.328 e. The molecule has 23 heavy (non-hydrogen) atoms. The summed E-state index contributed by atoms with van der Waals surface area (Å²) in [4.78, 5) is 24.5. The molecule has 7 heteroatoms. The maximum Gasteiger partial charge on any atom is 0.328 e. The van der Waals surface area contributed by atoms with E-state index in [-0.39, 0.29) is 12.5 Å². The van der Waals surface area contributed by atoms with Crippen LogP contribution in [0, 0.1) is 0 Å². The van der Waals surface area contributed by atoms with Gasteiger partial charge in [0, 0.05) is 19.2 Å². The Kier molecular flexibility index (Phi) is 5.23. The Hall–Kier alpha value is -2.54. The van der Waals surface area contributed by atoms with Gasteiger partial charge in [-0.3, -0.25) is 4.79 Å². The van der Waals surface area contributed by atoms with Gasteiger partial charge in [-0.1, -0.05) is 0 Å². The number of rotatable bonds is 6. The van der Waals surface area contributed by atoms with Crippen LogP contribution in [0.5, 0.6) is 11.5 Å². The van der Waals surface area contributed by atoms with Crippen molar-refractivity contribution in [1.29, 1.82) is 0 Å². The van der Waals surface area contributed by atoms with E-state index in [1.807, 2.05) is 0 Å². The van der Waals surface area contributed by atoms with E-state index in [4.69, 9.17) is 19.7 Å². The fourth-order valence-electron chi connectivity index (χ4n) is 2.37. The molecule has 124 valence electrons. The molecule has 0 aromatic heterocycles. The largest absolute Gasteiger partial charge is 0.493 e. The van der Waals surface area contributed by atoms with Crippen molar-refractivity contribution >= 4 is 23.6 Å². The zero-order valence-electron chi connectivity index (χ0n) is 13.0. The minimum atomic E-state index is -1.07. The van der Waals surface area contributed by atoms with Gasteiger partial charge < -0.3 is 24.6 Å². The van der Waals surface area contributed by atoms with E-state index in [0.717, 1.165) is 6.08 Å². The van der Waals surface area contributed by atoms with Crippen LogP contribution in [0.25, 0.3) is 6.08 Å². The fraction of sp³-hybridized carbons (Fsp3) is 0.375. The molecule has 0 bridgehead atoms. The monoisotopic (exact) mass is 321 g/mol. The van der Waals surface area contributed by atoms with Gasteiger partial charge in [0.1, 0.15) is 0 Å². The predicted octanol–water partition coefficient (Wildman–Crippen LogP) is 1.29. The lowest BCUT2D eigenvalue weighted by Gasteiger charge is -2.34. The first-order chi connectivity index (χ1) is 11.0. The Morgan fingerprint density at radius 2 is 2.22 bits per heavy atom. The average Bonchev–Trinajstić information content (AvgIpc) is 2.53. The standard InChI is InChI=1S/C16H19NO6/c1-10-16(21)17(6-3-7-18)12-8-11(4-5-14(19)20)9-13(22-2)15(12)23-10/h4-5,8-10,18H,3,6-7H2,1-2H3,(H,19,20)/b5-4+. The third-order valence-electron chi connectivity index (χ3n) is 3.43. The lowest BCUT2D eigenvalue weighted by molar-refractivity contribution is -0.131. The summed E-state index contributed by atoms with van der Waals surface area (Å²) in [5, 5.41) is 17.8. The summed E-state index contributed by atoms with van der Waals surface area (Å²) < 4.78 is 10.9. The van der Waals surface area contributed by atoms with Gasteiger partial charge >= 0.3 is 5.97 Å². The van der Waals surface area contributed by atoms with Crippen molar-refractivity contribution in [2.75, 3.05) is 25.2 Å². The van der Waals surface area contributed by atoms with Crippen LogP contribution in [0.1, 0.15) is 18.9 Å². The molecule has 1 aromatic rings. The summed E-state index contributed by atoms with van der Waals surface area (Å²) in [6.45, 7) is 1.95. The highest BCUT2D eigenvalue weighted by molar-refractivity contribution is 6.01. The van der Waals surface area contributed by atoms with Crippen molar-refractivity contribution in [3.05, 3.63) is 23.8 Å². The van der Waals surface area contributed by atoms with Gasteiger partial charge in [-0.25, -0.2) is 4.79 Å². The lowest BCUT2D eigenvalue weighted by atomic mass is 10.1. The number of hydrogen-bond acceptors (Lipinski definition) is 5. The molecule has 0 saturated heterocycles. The number of amides is 1. The molecule has 0 saturated carbocycles. The molecular formula is C16H19NO6. The van der Waals surface area contributed by atoms with Gasteiger partial charge in [0.15, 0.2) is 17.6 Å². The van der Waals surface area contributed by atoms with E-state index < -0.39 is 12.1 Å². The van der Waals surface area contributed by atoms with Crippen LogP contribution >= 0.6 is 0 Å². The van der Waals surface area contributed by atoms with Gasteiger partial charge in [-0.15, -0.1) is 0 Å². The molecule has 1 aliphatic heterocycles. The second-order valence-electron chi connectivity index (χ2n) is 5.07. The summed E-state index contributed by atoms with van der Waals surface area (Å²) in [5.41, 5.74) is 1.08. The molecule has 2 rings (SSSR count). The number of carboxylic acids is 1. The van der Waals surface area contributed by atoms with E-state index in [1.54, 1.807) is 19.1 Å². The number of aliphatic hydroxyl groups excluding tert-OH is 1. The number of methoxy groups -OCH3 is 1. The van der Waals surface area contributed by atoms with E-state index in [9.17, 15) is 9.59 Å². The third kappa shape index (κ3) is 3.62. The molecular weight excluding hydrogens is 302 g/mol. The number of aliphatic carboxylic acids is 1. The van der Waals surface area contributed by atoms with E-state index in [1.165, 1.54) is 18.1 Å². The Morgan fingerprint density at radius 1 is 1.48 bits per heavy atom. The number of fused-ring (bicyclic) bond motifs is 1. The average molecular weight is 321 g/mol. The van der Waals surface area contributed by atoms with Crippen molar-refractivity contribution in [3.63, 3.8) is 0 Å². The summed E-state index contributed by atoms with van der Waals surface area (Å²) in [6, 6.07) is 3.31. The van der Waals surface area contributed by atoms with Crippen molar-refractivity contribution in [2.45, 2.75) is 19.4 Å². The van der Waals surface area contributed by atoms with Crippen LogP contribution in [0.15, 0.2) is 18.2 Å². The van der Waals surface area contributed by atoms with Gasteiger partial charge in [-0.05, 0) is 37.1 Å². The summed E-state index contributed by atoms with van der Waals surface area (Å²) >= 11 is 0. The first-order valence-electron chi connectivity index (χ1n) is 7.20. The lowest BCUT2D eigenvalue weighted by Crippen LogP contribution is -2.45. The number of nitrogens with zero attached hydrogens (tertiary/aromatic N) is 1. The molecule has 2 N–H and O–H groups in total. The molecule has 0 aliphatic carbocycles. The Morgan fingerprint density at radius 3 is 2.83 bits per heavy atom.